The molecule has 1 saturated heterocycles. The average molecular weight is 248 g/mol. The molecule has 1 aromatic carbocycles. The maximum Gasteiger partial charge on any atom is 0.306 e. The van der Waals surface area contributed by atoms with E-state index in [4.69, 9.17) is 14.2 Å². The van der Waals surface area contributed by atoms with Crippen LogP contribution < -0.4 is 9.47 Å². The predicted octanol–water partition coefficient (Wildman–Crippen LogP) is 2.44. The van der Waals surface area contributed by atoms with Gasteiger partial charge in [0.1, 0.15) is 5.60 Å². The molecule has 1 fully saturated rings. The SMILES string of the molecule is CC1(CCc2ccc3c(c2)OCO3)CCC(=O)O1. The standard InChI is InChI=1S/C14H16O4/c1-14(7-5-13(15)18-14)6-4-10-2-3-11-12(8-10)17-9-16-11/h2-3,8H,4-7,9H2,1H3. The fourth-order valence-electron chi connectivity index (χ4n) is 2.42. The van der Waals surface area contributed by atoms with Crippen LogP contribution in [-0.4, -0.2) is 18.4 Å². The minimum atomic E-state index is -0.298. The molecule has 2 aliphatic rings. The zero-order chi connectivity index (χ0) is 12.6. The first-order chi connectivity index (χ1) is 8.65. The van der Waals surface area contributed by atoms with Gasteiger partial charge < -0.3 is 14.2 Å². The molecule has 2 heterocycles. The van der Waals surface area contributed by atoms with E-state index in [2.05, 4.69) is 0 Å². The van der Waals surface area contributed by atoms with Crippen LogP contribution in [0.1, 0.15) is 31.7 Å². The smallest absolute Gasteiger partial charge is 0.306 e. The summed E-state index contributed by atoms with van der Waals surface area (Å²) in [7, 11) is 0. The van der Waals surface area contributed by atoms with Crippen molar-refractivity contribution in [1.82, 2.24) is 0 Å². The molecular weight excluding hydrogens is 232 g/mol. The van der Waals surface area contributed by atoms with Gasteiger partial charge >= 0.3 is 5.97 Å². The first-order valence-electron chi connectivity index (χ1n) is 6.25. The molecule has 0 radical (unpaired) electrons. The highest BCUT2D eigenvalue weighted by Gasteiger charge is 2.35. The van der Waals surface area contributed by atoms with Crippen molar-refractivity contribution in [1.29, 1.82) is 0 Å². The Hall–Kier alpha value is -1.71. The molecule has 0 amide bonds. The summed E-state index contributed by atoms with van der Waals surface area (Å²) in [4.78, 5) is 11.2. The van der Waals surface area contributed by atoms with Gasteiger partial charge in [-0.15, -0.1) is 0 Å². The Balaban J connectivity index is 1.65. The van der Waals surface area contributed by atoms with Crippen molar-refractivity contribution in [3.63, 3.8) is 0 Å². The summed E-state index contributed by atoms with van der Waals surface area (Å²) in [5, 5.41) is 0. The molecular formula is C14H16O4. The van der Waals surface area contributed by atoms with Gasteiger partial charge in [0.2, 0.25) is 6.79 Å². The highest BCUT2D eigenvalue weighted by atomic mass is 16.7. The number of esters is 1. The van der Waals surface area contributed by atoms with Gasteiger partial charge in [-0.05, 0) is 43.9 Å². The van der Waals surface area contributed by atoms with Gasteiger partial charge in [-0.3, -0.25) is 4.79 Å². The number of ether oxygens (including phenoxy) is 3. The number of fused-ring (bicyclic) bond motifs is 1. The third-order valence-corrected chi connectivity index (χ3v) is 3.60. The fourth-order valence-corrected chi connectivity index (χ4v) is 2.42. The Morgan fingerprint density at radius 1 is 1.28 bits per heavy atom. The van der Waals surface area contributed by atoms with E-state index in [1.54, 1.807) is 0 Å². The van der Waals surface area contributed by atoms with E-state index in [0.717, 1.165) is 30.8 Å². The lowest BCUT2D eigenvalue weighted by Gasteiger charge is -2.22. The van der Waals surface area contributed by atoms with Crippen molar-refractivity contribution in [2.75, 3.05) is 6.79 Å². The van der Waals surface area contributed by atoms with Gasteiger partial charge in [-0.2, -0.15) is 0 Å². The highest BCUT2D eigenvalue weighted by molar-refractivity contribution is 5.72. The maximum absolute atomic E-state index is 11.2. The number of hydrogen-bond donors (Lipinski definition) is 0. The summed E-state index contributed by atoms with van der Waals surface area (Å²) in [5.41, 5.74) is 0.886. The summed E-state index contributed by atoms with van der Waals surface area (Å²) in [6.45, 7) is 2.30. The van der Waals surface area contributed by atoms with Crippen LogP contribution in [0, 0.1) is 0 Å². The summed E-state index contributed by atoms with van der Waals surface area (Å²) in [6, 6.07) is 5.97. The minimum Gasteiger partial charge on any atom is -0.459 e. The Morgan fingerprint density at radius 3 is 2.89 bits per heavy atom. The third-order valence-electron chi connectivity index (χ3n) is 3.60. The van der Waals surface area contributed by atoms with Gasteiger partial charge in [0.05, 0.1) is 0 Å². The van der Waals surface area contributed by atoms with Gasteiger partial charge in [0.15, 0.2) is 11.5 Å². The quantitative estimate of drug-likeness (QED) is 0.771. The first kappa shape index (κ1) is 11.4. The van der Waals surface area contributed by atoms with Gasteiger partial charge in [-0.25, -0.2) is 0 Å². The number of carbonyl (C=O) groups excluding carboxylic acids is 1. The van der Waals surface area contributed by atoms with Crippen LogP contribution in [0.2, 0.25) is 0 Å². The normalized spacial score (nSPS) is 25.3. The molecule has 18 heavy (non-hydrogen) atoms. The summed E-state index contributed by atoms with van der Waals surface area (Å²) < 4.78 is 16.0. The molecule has 2 aliphatic heterocycles. The van der Waals surface area contributed by atoms with Crippen LogP contribution in [-0.2, 0) is 16.0 Å². The minimum absolute atomic E-state index is 0.0804. The molecule has 3 rings (SSSR count). The Labute approximate surface area is 106 Å². The zero-order valence-electron chi connectivity index (χ0n) is 10.4. The van der Waals surface area contributed by atoms with Crippen molar-refractivity contribution in [3.8, 4) is 11.5 Å². The van der Waals surface area contributed by atoms with Crippen LogP contribution in [0.4, 0.5) is 0 Å². The fraction of sp³-hybridized carbons (Fsp3) is 0.500. The second kappa shape index (κ2) is 4.19. The summed E-state index contributed by atoms with van der Waals surface area (Å²) >= 11 is 0. The molecule has 0 bridgehead atoms. The Bertz CT molecular complexity index is 483. The average Bonchev–Trinajstić information content (AvgIpc) is 2.93. The van der Waals surface area contributed by atoms with E-state index in [9.17, 15) is 4.79 Å². The molecule has 0 saturated carbocycles. The lowest BCUT2D eigenvalue weighted by Crippen LogP contribution is -2.24. The Kier molecular flexibility index (Phi) is 2.65. The number of rotatable bonds is 3. The van der Waals surface area contributed by atoms with Crippen LogP contribution >= 0.6 is 0 Å². The molecule has 0 N–H and O–H groups in total. The lowest BCUT2D eigenvalue weighted by atomic mass is 9.94. The van der Waals surface area contributed by atoms with Crippen LogP contribution in [0.5, 0.6) is 11.5 Å². The first-order valence-corrected chi connectivity index (χ1v) is 6.25. The topological polar surface area (TPSA) is 44.8 Å². The van der Waals surface area contributed by atoms with Crippen molar-refractivity contribution in [2.45, 2.75) is 38.2 Å². The molecule has 0 spiro atoms. The van der Waals surface area contributed by atoms with Crippen molar-refractivity contribution in [2.24, 2.45) is 0 Å². The van der Waals surface area contributed by atoms with Crippen molar-refractivity contribution >= 4 is 5.97 Å². The summed E-state index contributed by atoms with van der Waals surface area (Å²) in [6.07, 6.45) is 3.08. The molecule has 1 unspecified atom stereocenters. The van der Waals surface area contributed by atoms with E-state index in [0.29, 0.717) is 13.2 Å². The molecule has 96 valence electrons. The van der Waals surface area contributed by atoms with E-state index in [-0.39, 0.29) is 11.6 Å². The van der Waals surface area contributed by atoms with E-state index in [1.807, 2.05) is 25.1 Å². The molecule has 4 nitrogen and oxygen atoms in total. The highest BCUT2D eigenvalue weighted by Crippen LogP contribution is 2.35. The van der Waals surface area contributed by atoms with Gasteiger partial charge in [-0.1, -0.05) is 6.07 Å². The molecule has 0 aliphatic carbocycles. The number of aryl methyl sites for hydroxylation is 1. The van der Waals surface area contributed by atoms with Crippen molar-refractivity contribution < 1.29 is 19.0 Å². The molecule has 1 atom stereocenters. The monoisotopic (exact) mass is 248 g/mol. The lowest BCUT2D eigenvalue weighted by molar-refractivity contribution is -0.147. The number of cyclic esters (lactones) is 1. The van der Waals surface area contributed by atoms with Crippen LogP contribution in [0.3, 0.4) is 0 Å². The van der Waals surface area contributed by atoms with Crippen LogP contribution in [0.15, 0.2) is 18.2 Å². The predicted molar refractivity (Wildman–Crippen MR) is 64.6 cm³/mol. The van der Waals surface area contributed by atoms with E-state index >= 15 is 0 Å². The number of hydrogen-bond acceptors (Lipinski definition) is 4. The second-order valence-corrected chi connectivity index (χ2v) is 5.11. The third kappa shape index (κ3) is 2.15. The summed E-state index contributed by atoms with van der Waals surface area (Å²) in [5.74, 6) is 1.53. The Morgan fingerprint density at radius 2 is 2.11 bits per heavy atom. The molecule has 4 heteroatoms. The second-order valence-electron chi connectivity index (χ2n) is 5.11. The molecule has 1 aromatic rings. The molecule has 0 aromatic heterocycles. The van der Waals surface area contributed by atoms with E-state index < -0.39 is 0 Å². The van der Waals surface area contributed by atoms with Gasteiger partial charge in [0.25, 0.3) is 0 Å². The maximum atomic E-state index is 11.2. The zero-order valence-corrected chi connectivity index (χ0v) is 10.4. The van der Waals surface area contributed by atoms with E-state index in [1.165, 1.54) is 5.56 Å². The van der Waals surface area contributed by atoms with Gasteiger partial charge in [0, 0.05) is 6.42 Å². The number of carbonyl (C=O) groups is 1. The largest absolute Gasteiger partial charge is 0.459 e. The van der Waals surface area contributed by atoms with Crippen LogP contribution in [0.25, 0.3) is 0 Å². The van der Waals surface area contributed by atoms with Crippen molar-refractivity contribution in [3.05, 3.63) is 23.8 Å². The number of benzene rings is 1.